The smallest absolute Gasteiger partial charge is 0.268 e. The number of hydrogen-bond acceptors (Lipinski definition) is 6. The Morgan fingerprint density at radius 3 is 1.79 bits per heavy atom. The topological polar surface area (TPSA) is 105 Å². The summed E-state index contributed by atoms with van der Waals surface area (Å²) in [5.41, 5.74) is 4.76. The molecule has 6 rings (SSSR count). The molecule has 0 aliphatic rings. The molecule has 0 amide bonds. The van der Waals surface area contributed by atoms with Crippen LogP contribution >= 0.6 is 23.2 Å². The number of aromatic nitrogens is 8. The van der Waals surface area contributed by atoms with Gasteiger partial charge in [-0.05, 0) is 69.0 Å². The molecule has 0 N–H and O–H groups in total. The van der Waals surface area contributed by atoms with Crippen molar-refractivity contribution in [2.45, 2.75) is 20.8 Å². The van der Waals surface area contributed by atoms with E-state index >= 15 is 0 Å². The second-order valence-electron chi connectivity index (χ2n) is 10.3. The summed E-state index contributed by atoms with van der Waals surface area (Å²) >= 11 is 11.9. The Kier molecular flexibility index (Phi) is 9.86. The van der Waals surface area contributed by atoms with Crippen LogP contribution in [0, 0.1) is 44.5 Å². The van der Waals surface area contributed by atoms with Crippen molar-refractivity contribution in [1.82, 2.24) is 38.7 Å². The molecule has 0 atom stereocenters. The van der Waals surface area contributed by atoms with Crippen molar-refractivity contribution in [2.75, 3.05) is 0 Å². The Bertz CT molecular complexity index is 2360. The SMILES string of the molecule is Cc1nc(C#Cc2cccc(Cl)c2)c(C)n1-c1cnn(C)c(=O)c1.Cc1nc(C#Cc2cccc(Cl)c2)cn1-c1cnn(C)c(=O)c1. The molecule has 2 aromatic carbocycles. The lowest BCUT2D eigenvalue weighted by atomic mass is 10.2. The van der Waals surface area contributed by atoms with Crippen LogP contribution in [0.5, 0.6) is 0 Å². The van der Waals surface area contributed by atoms with E-state index in [0.717, 1.165) is 28.5 Å². The number of benzene rings is 2. The second-order valence-corrected chi connectivity index (χ2v) is 11.2. The number of aryl methyl sites for hydroxylation is 4. The van der Waals surface area contributed by atoms with Crippen molar-refractivity contribution in [3.8, 4) is 35.1 Å². The van der Waals surface area contributed by atoms with Crippen molar-refractivity contribution in [3.05, 3.63) is 150 Å². The third-order valence-corrected chi connectivity index (χ3v) is 7.38. The molecule has 0 saturated carbocycles. The highest BCUT2D eigenvalue weighted by molar-refractivity contribution is 6.31. The predicted molar refractivity (Wildman–Crippen MR) is 182 cm³/mol. The van der Waals surface area contributed by atoms with Gasteiger partial charge >= 0.3 is 0 Å². The lowest BCUT2D eigenvalue weighted by Crippen LogP contribution is -2.19. The lowest BCUT2D eigenvalue weighted by Gasteiger charge is -2.07. The summed E-state index contributed by atoms with van der Waals surface area (Å²) in [6, 6.07) is 17.7. The second kappa shape index (κ2) is 14.2. The fraction of sp³-hybridized carbons (Fsp3) is 0.143. The Balaban J connectivity index is 0.000000185. The fourth-order valence-electron chi connectivity index (χ4n) is 4.51. The molecular formula is C35H28Cl2N8O2. The number of nitrogens with zero attached hydrogens (tertiary/aromatic N) is 8. The van der Waals surface area contributed by atoms with Gasteiger partial charge < -0.3 is 4.57 Å². The van der Waals surface area contributed by atoms with Gasteiger partial charge in [0.15, 0.2) is 0 Å². The standard InChI is InChI=1S/C18H15ClN4O.C17H13ClN4O/c1-12-17(8-7-14-5-4-6-15(19)9-14)21-13(2)23(12)16-10-18(24)22(3)20-11-16;1-12-20-15(7-6-13-4-3-5-14(18)8-13)11-22(12)16-9-17(23)21(2)19-10-16/h4-6,9-11H,1-3H3;3-5,8-11H,1-2H3. The molecule has 10 nitrogen and oxygen atoms in total. The zero-order chi connectivity index (χ0) is 33.7. The number of rotatable bonds is 2. The van der Waals surface area contributed by atoms with Gasteiger partial charge in [0, 0.05) is 53.6 Å². The average molecular weight is 664 g/mol. The molecule has 4 aromatic heterocycles. The van der Waals surface area contributed by atoms with Crippen LogP contribution in [0.25, 0.3) is 11.4 Å². The Morgan fingerprint density at radius 1 is 0.660 bits per heavy atom. The van der Waals surface area contributed by atoms with Crippen LogP contribution in [-0.4, -0.2) is 38.7 Å². The summed E-state index contributed by atoms with van der Waals surface area (Å²) in [7, 11) is 3.22. The van der Waals surface area contributed by atoms with Gasteiger partial charge in [0.25, 0.3) is 11.1 Å². The van der Waals surface area contributed by atoms with Crippen LogP contribution in [0.4, 0.5) is 0 Å². The zero-order valence-corrected chi connectivity index (χ0v) is 27.7. The first-order valence-corrected chi connectivity index (χ1v) is 15.0. The van der Waals surface area contributed by atoms with Gasteiger partial charge in [-0.15, -0.1) is 0 Å². The molecule has 234 valence electrons. The highest BCUT2D eigenvalue weighted by Crippen LogP contribution is 2.16. The maximum Gasteiger partial charge on any atom is 0.268 e. The molecule has 4 heterocycles. The molecule has 47 heavy (non-hydrogen) atoms. The van der Waals surface area contributed by atoms with Gasteiger partial charge in [-0.2, -0.15) is 10.2 Å². The van der Waals surface area contributed by atoms with E-state index in [0.29, 0.717) is 32.8 Å². The highest BCUT2D eigenvalue weighted by Gasteiger charge is 2.12. The Hall–Kier alpha value is -5.68. The van der Waals surface area contributed by atoms with Gasteiger partial charge in [-0.3, -0.25) is 14.2 Å². The third-order valence-electron chi connectivity index (χ3n) is 6.91. The monoisotopic (exact) mass is 662 g/mol. The summed E-state index contributed by atoms with van der Waals surface area (Å²) in [5, 5.41) is 9.36. The molecule has 0 aliphatic heterocycles. The van der Waals surface area contributed by atoms with Gasteiger partial charge in [-0.25, -0.2) is 19.3 Å². The maximum atomic E-state index is 11.8. The van der Waals surface area contributed by atoms with E-state index in [1.54, 1.807) is 61.5 Å². The first-order chi connectivity index (χ1) is 22.5. The summed E-state index contributed by atoms with van der Waals surface area (Å²) in [5.74, 6) is 13.6. The minimum absolute atomic E-state index is 0.174. The number of hydrogen-bond donors (Lipinski definition) is 0. The lowest BCUT2D eigenvalue weighted by molar-refractivity contribution is 0.700. The molecule has 6 aromatic rings. The molecule has 0 unspecified atom stereocenters. The predicted octanol–water partition coefficient (Wildman–Crippen LogP) is 4.96. The summed E-state index contributed by atoms with van der Waals surface area (Å²) in [6.07, 6.45) is 5.03. The van der Waals surface area contributed by atoms with Crippen molar-refractivity contribution in [3.63, 3.8) is 0 Å². The molecule has 0 saturated heterocycles. The fourth-order valence-corrected chi connectivity index (χ4v) is 4.89. The first kappa shape index (κ1) is 32.7. The van der Waals surface area contributed by atoms with Crippen LogP contribution < -0.4 is 11.1 Å². The average Bonchev–Trinajstić information content (AvgIpc) is 3.55. The van der Waals surface area contributed by atoms with E-state index in [4.69, 9.17) is 23.2 Å². The molecule has 0 aliphatic carbocycles. The van der Waals surface area contributed by atoms with Crippen molar-refractivity contribution in [2.24, 2.45) is 14.1 Å². The number of imidazole rings is 2. The minimum Gasteiger partial charge on any atom is -0.301 e. The van der Waals surface area contributed by atoms with E-state index in [-0.39, 0.29) is 11.1 Å². The van der Waals surface area contributed by atoms with Crippen LogP contribution in [0.2, 0.25) is 10.0 Å². The zero-order valence-electron chi connectivity index (χ0n) is 26.2. The van der Waals surface area contributed by atoms with Crippen molar-refractivity contribution < 1.29 is 0 Å². The van der Waals surface area contributed by atoms with Crippen LogP contribution in [0.15, 0.2) is 88.8 Å². The van der Waals surface area contributed by atoms with Gasteiger partial charge in [0.05, 0.1) is 29.5 Å². The van der Waals surface area contributed by atoms with E-state index in [1.165, 1.54) is 21.5 Å². The Labute approximate surface area is 280 Å². The van der Waals surface area contributed by atoms with E-state index in [9.17, 15) is 9.59 Å². The van der Waals surface area contributed by atoms with Crippen molar-refractivity contribution >= 4 is 23.2 Å². The molecule has 0 fully saturated rings. The van der Waals surface area contributed by atoms with Crippen molar-refractivity contribution in [1.29, 1.82) is 0 Å². The molecule has 0 bridgehead atoms. The van der Waals surface area contributed by atoms with Gasteiger partial charge in [-0.1, -0.05) is 47.2 Å². The first-order valence-electron chi connectivity index (χ1n) is 14.2. The maximum absolute atomic E-state index is 11.8. The minimum atomic E-state index is -0.179. The third kappa shape index (κ3) is 7.95. The Morgan fingerprint density at radius 2 is 1.21 bits per heavy atom. The van der Waals surface area contributed by atoms with E-state index in [1.807, 2.05) is 49.6 Å². The molecular weight excluding hydrogens is 635 g/mol. The summed E-state index contributed by atoms with van der Waals surface area (Å²) in [4.78, 5) is 32.4. The van der Waals surface area contributed by atoms with Crippen LogP contribution in [0.1, 0.15) is 39.9 Å². The molecule has 0 radical (unpaired) electrons. The van der Waals surface area contributed by atoms with Gasteiger partial charge in [0.2, 0.25) is 0 Å². The van der Waals surface area contributed by atoms with Crippen LogP contribution in [0.3, 0.4) is 0 Å². The number of halogens is 2. The van der Waals surface area contributed by atoms with E-state index < -0.39 is 0 Å². The normalized spacial score (nSPS) is 10.3. The van der Waals surface area contributed by atoms with Gasteiger partial charge in [0.1, 0.15) is 23.0 Å². The summed E-state index contributed by atoms with van der Waals surface area (Å²) < 4.78 is 6.22. The quantitative estimate of drug-likeness (QED) is 0.243. The molecule has 12 heteroatoms. The molecule has 0 spiro atoms. The van der Waals surface area contributed by atoms with E-state index in [2.05, 4.69) is 43.8 Å². The van der Waals surface area contributed by atoms with Crippen LogP contribution in [-0.2, 0) is 14.1 Å². The highest BCUT2D eigenvalue weighted by atomic mass is 35.5. The largest absolute Gasteiger partial charge is 0.301 e. The summed E-state index contributed by atoms with van der Waals surface area (Å²) in [6.45, 7) is 5.64.